The number of benzene rings is 10. The van der Waals surface area contributed by atoms with Crippen molar-refractivity contribution in [3.63, 3.8) is 0 Å². The van der Waals surface area contributed by atoms with Gasteiger partial charge in [-0.05, 0) is 131 Å². The summed E-state index contributed by atoms with van der Waals surface area (Å²) in [5.74, 6) is 0. The molecule has 0 aliphatic rings. The summed E-state index contributed by atoms with van der Waals surface area (Å²) in [6.45, 7) is 0. The molecule has 0 saturated carbocycles. The van der Waals surface area contributed by atoms with Crippen molar-refractivity contribution in [1.29, 1.82) is 0 Å². The minimum absolute atomic E-state index is 0.891. The molecule has 2 aromatic heterocycles. The fourth-order valence-corrected chi connectivity index (χ4v) is 9.01. The quantitative estimate of drug-likeness (QED) is 0.137. The van der Waals surface area contributed by atoms with Gasteiger partial charge in [-0.3, -0.25) is 0 Å². The van der Waals surface area contributed by atoms with E-state index in [9.17, 15) is 0 Å². The smallest absolute Gasteiger partial charge is 0.136 e. The largest absolute Gasteiger partial charge is 0.456 e. The molecule has 54 heavy (non-hydrogen) atoms. The van der Waals surface area contributed by atoms with Crippen molar-refractivity contribution >= 4 is 87.0 Å². The van der Waals surface area contributed by atoms with Gasteiger partial charge in [-0.1, -0.05) is 127 Å². The highest BCUT2D eigenvalue weighted by Gasteiger charge is 2.21. The molecule has 2 heteroatoms. The summed E-state index contributed by atoms with van der Waals surface area (Å²) in [5.41, 5.74) is 10.7. The van der Waals surface area contributed by atoms with Crippen molar-refractivity contribution in [2.24, 2.45) is 0 Å². The summed E-state index contributed by atoms with van der Waals surface area (Å²) in [5, 5.41) is 14.2. The molecule has 12 rings (SSSR count). The molecular formula is C52H30O2. The third-order valence-electron chi connectivity index (χ3n) is 11.4. The summed E-state index contributed by atoms with van der Waals surface area (Å²) in [7, 11) is 0. The van der Waals surface area contributed by atoms with Crippen LogP contribution in [0.3, 0.4) is 0 Å². The molecule has 0 aliphatic carbocycles. The number of hydrogen-bond acceptors (Lipinski definition) is 2. The number of furan rings is 2. The van der Waals surface area contributed by atoms with Gasteiger partial charge in [0.15, 0.2) is 0 Å². The summed E-state index contributed by atoms with van der Waals surface area (Å²) < 4.78 is 13.0. The van der Waals surface area contributed by atoms with E-state index in [0.29, 0.717) is 0 Å². The van der Waals surface area contributed by atoms with Crippen LogP contribution in [0, 0.1) is 0 Å². The molecular weight excluding hydrogens is 657 g/mol. The van der Waals surface area contributed by atoms with Gasteiger partial charge in [0.1, 0.15) is 22.3 Å². The van der Waals surface area contributed by atoms with Crippen LogP contribution in [-0.2, 0) is 0 Å². The van der Waals surface area contributed by atoms with E-state index in [-0.39, 0.29) is 0 Å². The average Bonchev–Trinajstić information content (AvgIpc) is 3.79. The van der Waals surface area contributed by atoms with E-state index < -0.39 is 0 Å². The van der Waals surface area contributed by atoms with Gasteiger partial charge in [-0.2, -0.15) is 0 Å². The molecule has 0 unspecified atom stereocenters. The van der Waals surface area contributed by atoms with Crippen molar-refractivity contribution in [2.45, 2.75) is 0 Å². The van der Waals surface area contributed by atoms with Crippen LogP contribution in [0.4, 0.5) is 0 Å². The minimum atomic E-state index is 0.891. The number of para-hydroxylation sites is 2. The molecule has 0 fully saturated rings. The van der Waals surface area contributed by atoms with E-state index in [2.05, 4.69) is 170 Å². The first kappa shape index (κ1) is 29.4. The van der Waals surface area contributed by atoms with Crippen molar-refractivity contribution < 1.29 is 8.83 Å². The highest BCUT2D eigenvalue weighted by molar-refractivity contribution is 6.27. The highest BCUT2D eigenvalue weighted by atomic mass is 16.3. The molecule has 12 aromatic rings. The van der Waals surface area contributed by atoms with Gasteiger partial charge in [0, 0.05) is 21.5 Å². The van der Waals surface area contributed by atoms with Crippen LogP contribution in [0.2, 0.25) is 0 Å². The normalized spacial score (nSPS) is 12.1. The second-order valence-corrected chi connectivity index (χ2v) is 14.4. The minimum Gasteiger partial charge on any atom is -0.456 e. The summed E-state index contributed by atoms with van der Waals surface area (Å²) in [6, 6.07) is 65.8. The first-order valence-corrected chi connectivity index (χ1v) is 18.5. The fourth-order valence-electron chi connectivity index (χ4n) is 9.01. The number of rotatable bonds is 3. The molecule has 0 saturated heterocycles. The summed E-state index contributed by atoms with van der Waals surface area (Å²) in [4.78, 5) is 0. The molecule has 0 aliphatic heterocycles. The van der Waals surface area contributed by atoms with Gasteiger partial charge in [-0.15, -0.1) is 0 Å². The average molecular weight is 687 g/mol. The van der Waals surface area contributed by atoms with Crippen LogP contribution in [0.25, 0.3) is 120 Å². The van der Waals surface area contributed by atoms with E-state index >= 15 is 0 Å². The van der Waals surface area contributed by atoms with E-state index in [1.54, 1.807) is 0 Å². The summed E-state index contributed by atoms with van der Waals surface area (Å²) in [6.07, 6.45) is 0. The van der Waals surface area contributed by atoms with Gasteiger partial charge in [0.05, 0.1) is 0 Å². The Morgan fingerprint density at radius 3 is 1.30 bits per heavy atom. The van der Waals surface area contributed by atoms with Crippen LogP contribution < -0.4 is 0 Å². The Morgan fingerprint density at radius 2 is 0.704 bits per heavy atom. The molecule has 0 radical (unpaired) electrons. The Morgan fingerprint density at radius 1 is 0.241 bits per heavy atom. The molecule has 0 spiro atoms. The molecule has 2 nitrogen and oxygen atoms in total. The Kier molecular flexibility index (Phi) is 6.09. The number of hydrogen-bond donors (Lipinski definition) is 0. The zero-order valence-corrected chi connectivity index (χ0v) is 29.1. The Balaban J connectivity index is 1.26. The van der Waals surface area contributed by atoms with Gasteiger partial charge in [0.25, 0.3) is 0 Å². The Hall–Kier alpha value is -7.16. The van der Waals surface area contributed by atoms with Crippen LogP contribution in [0.1, 0.15) is 0 Å². The second kappa shape index (κ2) is 11.2. The topological polar surface area (TPSA) is 26.3 Å². The molecule has 0 N–H and O–H groups in total. The maximum atomic E-state index is 6.48. The monoisotopic (exact) mass is 686 g/mol. The lowest BCUT2D eigenvalue weighted by molar-refractivity contribution is 0.668. The van der Waals surface area contributed by atoms with E-state index in [4.69, 9.17) is 8.83 Å². The molecule has 0 bridgehead atoms. The maximum Gasteiger partial charge on any atom is 0.136 e. The third kappa shape index (κ3) is 4.22. The lowest BCUT2D eigenvalue weighted by Crippen LogP contribution is -1.93. The fraction of sp³-hybridized carbons (Fsp3) is 0. The van der Waals surface area contributed by atoms with E-state index in [1.165, 1.54) is 65.3 Å². The van der Waals surface area contributed by atoms with Crippen LogP contribution in [0.5, 0.6) is 0 Å². The zero-order valence-electron chi connectivity index (χ0n) is 29.1. The van der Waals surface area contributed by atoms with Crippen LogP contribution in [-0.4, -0.2) is 0 Å². The highest BCUT2D eigenvalue weighted by Crippen LogP contribution is 2.48. The van der Waals surface area contributed by atoms with Crippen molar-refractivity contribution in [3.05, 3.63) is 182 Å². The number of fused-ring (bicyclic) bond motifs is 11. The van der Waals surface area contributed by atoms with E-state index in [0.717, 1.165) is 55.0 Å². The van der Waals surface area contributed by atoms with Crippen LogP contribution >= 0.6 is 0 Å². The zero-order chi connectivity index (χ0) is 35.3. The van der Waals surface area contributed by atoms with Gasteiger partial charge in [0.2, 0.25) is 0 Å². The molecule has 250 valence electrons. The van der Waals surface area contributed by atoms with Gasteiger partial charge >= 0.3 is 0 Å². The van der Waals surface area contributed by atoms with E-state index in [1.807, 2.05) is 12.1 Å². The third-order valence-corrected chi connectivity index (χ3v) is 11.4. The molecule has 2 heterocycles. The van der Waals surface area contributed by atoms with Gasteiger partial charge < -0.3 is 8.83 Å². The SMILES string of the molecule is c1ccc(-c2cc3ccccc3c3cc4c(-c5ccc6c(c5)oc5ccccc56)c5ccccc5c(-c5ccc6c(c5)oc5ccccc56)c4cc23)cc1. The lowest BCUT2D eigenvalue weighted by atomic mass is 9.83. The second-order valence-electron chi connectivity index (χ2n) is 14.4. The van der Waals surface area contributed by atoms with Crippen LogP contribution in [0.15, 0.2) is 191 Å². The molecule has 0 amide bonds. The van der Waals surface area contributed by atoms with Gasteiger partial charge in [-0.25, -0.2) is 0 Å². The predicted octanol–water partition coefficient (Wildman–Crippen LogP) is 15.1. The molecule has 10 aromatic carbocycles. The first-order chi connectivity index (χ1) is 26.8. The lowest BCUT2D eigenvalue weighted by Gasteiger charge is -2.20. The first-order valence-electron chi connectivity index (χ1n) is 18.5. The predicted molar refractivity (Wildman–Crippen MR) is 227 cm³/mol. The Bertz CT molecular complexity index is 3490. The standard InChI is InChI=1S/C52H30O2/c1-2-12-31(13-3-1)42-26-32-14-4-5-15-35(32)43-29-45-46(30-44(42)43)52(34-23-25-39-37-17-9-11-21-48(37)54-50(39)28-34)41-19-7-6-18-40(41)51(45)33-22-24-38-36-16-8-10-20-47(36)53-49(38)27-33/h1-30H. The summed E-state index contributed by atoms with van der Waals surface area (Å²) >= 11 is 0. The molecule has 0 atom stereocenters. The van der Waals surface area contributed by atoms with Crippen molar-refractivity contribution in [2.75, 3.05) is 0 Å². The van der Waals surface area contributed by atoms with Crippen molar-refractivity contribution in [1.82, 2.24) is 0 Å². The maximum absolute atomic E-state index is 6.48. The van der Waals surface area contributed by atoms with Crippen molar-refractivity contribution in [3.8, 4) is 33.4 Å². The Labute approximate surface area is 310 Å².